The molecular weight excluding hydrogens is 496 g/mol. The van der Waals surface area contributed by atoms with Crippen molar-refractivity contribution in [3.05, 3.63) is 59.0 Å². The zero-order valence-electron chi connectivity index (χ0n) is 20.8. The molecule has 4 rings (SSSR count). The highest BCUT2D eigenvalue weighted by Gasteiger charge is 2.31. The fourth-order valence-electron chi connectivity index (χ4n) is 4.20. The highest BCUT2D eigenvalue weighted by atomic mass is 35.5. The monoisotopic (exact) mass is 524 g/mol. The second-order valence-corrected chi connectivity index (χ2v) is 9.44. The summed E-state index contributed by atoms with van der Waals surface area (Å²) in [6.45, 7) is 4.85. The van der Waals surface area contributed by atoms with Crippen LogP contribution >= 0.6 is 11.6 Å². The number of hydrogen-bond donors (Lipinski definition) is 1. The van der Waals surface area contributed by atoms with Gasteiger partial charge in [-0.15, -0.1) is 0 Å². The highest BCUT2D eigenvalue weighted by molar-refractivity contribution is 6.45. The number of nitrogens with zero attached hydrogens (tertiary/aromatic N) is 3. The number of hydrogen-bond acceptors (Lipinski definition) is 6. The molecule has 2 heterocycles. The van der Waals surface area contributed by atoms with E-state index >= 15 is 0 Å². The molecule has 194 valence electrons. The summed E-state index contributed by atoms with van der Waals surface area (Å²) in [6, 6.07) is 7.96. The number of pyridine rings is 1. The van der Waals surface area contributed by atoms with Crippen LogP contribution in [-0.4, -0.2) is 57.7 Å². The van der Waals surface area contributed by atoms with E-state index in [9.17, 15) is 19.2 Å². The smallest absolute Gasteiger partial charge is 0.325 e. The number of halogens is 1. The molecule has 1 aliphatic rings. The minimum absolute atomic E-state index is 0.117. The van der Waals surface area contributed by atoms with Gasteiger partial charge in [0.1, 0.15) is 11.7 Å². The van der Waals surface area contributed by atoms with Gasteiger partial charge in [-0.2, -0.15) is 0 Å². The molecule has 3 aromatic rings. The van der Waals surface area contributed by atoms with E-state index in [1.807, 2.05) is 6.92 Å². The second kappa shape index (κ2) is 11.6. The highest BCUT2D eigenvalue weighted by Crippen LogP contribution is 2.31. The lowest BCUT2D eigenvalue weighted by molar-refractivity contribution is -0.143. The van der Waals surface area contributed by atoms with Crippen LogP contribution in [0.5, 0.6) is 0 Å². The molecule has 9 nitrogen and oxygen atoms in total. The average Bonchev–Trinajstić information content (AvgIpc) is 3.63. The molecular formula is C27H29ClN4O5. The fraction of sp³-hybridized carbons (Fsp3) is 0.370. The second-order valence-electron chi connectivity index (χ2n) is 9.05. The number of aromatic nitrogens is 2. The number of Topliss-reactive ketones (excluding diaryl/α,β-unsaturated/α-hetero) is 1. The van der Waals surface area contributed by atoms with Gasteiger partial charge in [0.15, 0.2) is 0 Å². The zero-order valence-corrected chi connectivity index (χ0v) is 21.6. The first-order valence-corrected chi connectivity index (χ1v) is 12.7. The number of benzene rings is 1. The Kier molecular flexibility index (Phi) is 8.23. The summed E-state index contributed by atoms with van der Waals surface area (Å²) in [7, 11) is 0. The van der Waals surface area contributed by atoms with E-state index in [0.29, 0.717) is 41.2 Å². The van der Waals surface area contributed by atoms with Crippen molar-refractivity contribution in [3.63, 3.8) is 0 Å². The van der Waals surface area contributed by atoms with Gasteiger partial charge in [0.25, 0.3) is 17.6 Å². The van der Waals surface area contributed by atoms with Crippen molar-refractivity contribution >= 4 is 51.8 Å². The number of esters is 1. The van der Waals surface area contributed by atoms with Gasteiger partial charge in [-0.25, -0.2) is 4.98 Å². The number of rotatable bonds is 11. The lowest BCUT2D eigenvalue weighted by Crippen LogP contribution is -2.38. The fourth-order valence-corrected chi connectivity index (χ4v) is 4.37. The van der Waals surface area contributed by atoms with E-state index in [0.717, 1.165) is 19.3 Å². The first-order chi connectivity index (χ1) is 17.8. The summed E-state index contributed by atoms with van der Waals surface area (Å²) in [6.07, 6.45) is 5.81. The van der Waals surface area contributed by atoms with E-state index in [2.05, 4.69) is 10.3 Å². The van der Waals surface area contributed by atoms with Crippen LogP contribution in [0.15, 0.2) is 42.7 Å². The number of amides is 2. The largest absolute Gasteiger partial charge is 0.465 e. The maximum atomic E-state index is 13.5. The number of fused-ring (bicyclic) bond motifs is 1. The van der Waals surface area contributed by atoms with Crippen LogP contribution in [0.1, 0.15) is 53.8 Å². The lowest BCUT2D eigenvalue weighted by Gasteiger charge is -2.21. The summed E-state index contributed by atoms with van der Waals surface area (Å²) in [5.74, 6) is -1.64. The molecule has 2 aromatic heterocycles. The van der Waals surface area contributed by atoms with Gasteiger partial charge in [0.2, 0.25) is 0 Å². The van der Waals surface area contributed by atoms with Crippen molar-refractivity contribution < 1.29 is 23.9 Å². The molecule has 1 aromatic carbocycles. The van der Waals surface area contributed by atoms with E-state index in [1.165, 1.54) is 24.5 Å². The van der Waals surface area contributed by atoms with Crippen LogP contribution in [-0.2, 0) is 20.9 Å². The quantitative estimate of drug-likeness (QED) is 0.173. The molecule has 37 heavy (non-hydrogen) atoms. The van der Waals surface area contributed by atoms with E-state index in [1.54, 1.807) is 34.6 Å². The molecule has 0 radical (unpaired) electrons. The van der Waals surface area contributed by atoms with Crippen molar-refractivity contribution in [2.75, 3.05) is 25.0 Å². The van der Waals surface area contributed by atoms with Crippen LogP contribution in [0, 0.1) is 5.92 Å². The van der Waals surface area contributed by atoms with Crippen molar-refractivity contribution in [2.24, 2.45) is 5.92 Å². The first-order valence-electron chi connectivity index (χ1n) is 12.4. The third-order valence-corrected chi connectivity index (χ3v) is 6.33. The zero-order chi connectivity index (χ0) is 26.5. The molecule has 1 saturated carbocycles. The van der Waals surface area contributed by atoms with Crippen LogP contribution in [0.2, 0.25) is 5.15 Å². The Morgan fingerprint density at radius 2 is 1.95 bits per heavy atom. The third-order valence-electron chi connectivity index (χ3n) is 6.13. The number of nitrogens with one attached hydrogen (secondary N) is 1. The molecule has 0 saturated heterocycles. The molecule has 1 aliphatic carbocycles. The molecule has 0 spiro atoms. The molecule has 2 amide bonds. The van der Waals surface area contributed by atoms with Gasteiger partial charge in [-0.3, -0.25) is 19.2 Å². The number of carbonyl (C=O) groups excluding carboxylic acids is 4. The van der Waals surface area contributed by atoms with Crippen LogP contribution in [0.25, 0.3) is 10.9 Å². The number of anilines is 1. The Bertz CT molecular complexity index is 1350. The molecule has 0 unspecified atom stereocenters. The Balaban J connectivity index is 1.68. The summed E-state index contributed by atoms with van der Waals surface area (Å²) >= 11 is 5.90. The standard InChI is InChI=1S/C27H29ClN4O5/c1-3-11-31(14-17-5-6-17)27(36)25(34)21-15-32(16-24(33)37-4-2)22-8-7-19(13-20(21)22)30-26(35)18-9-10-29-23(28)12-18/h7-10,12-13,15,17H,3-6,11,14,16H2,1-2H3,(H,30,35). The van der Waals surface area contributed by atoms with Gasteiger partial charge in [0, 0.05) is 47.6 Å². The lowest BCUT2D eigenvalue weighted by atomic mass is 10.1. The van der Waals surface area contributed by atoms with E-state index in [-0.39, 0.29) is 23.9 Å². The SMILES string of the molecule is CCCN(CC1CC1)C(=O)C(=O)c1cn(CC(=O)OCC)c2ccc(NC(=O)c3ccnc(Cl)c3)cc12. The maximum Gasteiger partial charge on any atom is 0.325 e. The van der Waals surface area contributed by atoms with Crippen LogP contribution in [0.4, 0.5) is 5.69 Å². The van der Waals surface area contributed by atoms with Gasteiger partial charge >= 0.3 is 5.97 Å². The Labute approximate surface area is 219 Å². The topological polar surface area (TPSA) is 111 Å². The number of ether oxygens (including phenoxy) is 1. The first kappa shape index (κ1) is 26.3. The molecule has 1 fully saturated rings. The van der Waals surface area contributed by atoms with Crippen LogP contribution < -0.4 is 5.32 Å². The molecule has 10 heteroatoms. The predicted molar refractivity (Wildman–Crippen MR) is 140 cm³/mol. The number of ketones is 1. The van der Waals surface area contributed by atoms with Crippen molar-refractivity contribution in [1.29, 1.82) is 0 Å². The maximum absolute atomic E-state index is 13.5. The van der Waals surface area contributed by atoms with Gasteiger partial charge < -0.3 is 19.5 Å². The minimum atomic E-state index is -0.647. The van der Waals surface area contributed by atoms with Gasteiger partial charge in [-0.05, 0) is 62.4 Å². The van der Waals surface area contributed by atoms with Gasteiger partial charge in [-0.1, -0.05) is 18.5 Å². The molecule has 1 N–H and O–H groups in total. The molecule has 0 atom stereocenters. The number of carbonyl (C=O) groups is 4. The summed E-state index contributed by atoms with van der Waals surface area (Å²) < 4.78 is 6.67. The van der Waals surface area contributed by atoms with Crippen LogP contribution in [0.3, 0.4) is 0 Å². The molecule has 0 bridgehead atoms. The molecule has 0 aliphatic heterocycles. The Hall–Kier alpha value is -3.72. The van der Waals surface area contributed by atoms with Crippen molar-refractivity contribution in [1.82, 2.24) is 14.5 Å². The predicted octanol–water partition coefficient (Wildman–Crippen LogP) is 4.34. The van der Waals surface area contributed by atoms with E-state index in [4.69, 9.17) is 16.3 Å². The van der Waals surface area contributed by atoms with E-state index < -0.39 is 23.6 Å². The summed E-state index contributed by atoms with van der Waals surface area (Å²) in [5, 5.41) is 3.43. The van der Waals surface area contributed by atoms with Crippen molar-refractivity contribution in [2.45, 2.75) is 39.7 Å². The minimum Gasteiger partial charge on any atom is -0.465 e. The van der Waals surface area contributed by atoms with Crippen molar-refractivity contribution in [3.8, 4) is 0 Å². The summed E-state index contributed by atoms with van der Waals surface area (Å²) in [4.78, 5) is 57.1. The average molecular weight is 525 g/mol. The van der Waals surface area contributed by atoms with Gasteiger partial charge in [0.05, 0.1) is 12.2 Å². The Morgan fingerprint density at radius 1 is 1.16 bits per heavy atom. The summed E-state index contributed by atoms with van der Waals surface area (Å²) in [5.41, 5.74) is 1.48. The normalized spacial score (nSPS) is 12.8. The Morgan fingerprint density at radius 3 is 2.62 bits per heavy atom. The third kappa shape index (κ3) is 6.35.